The summed E-state index contributed by atoms with van der Waals surface area (Å²) >= 11 is 0. The van der Waals surface area contributed by atoms with Crippen molar-refractivity contribution in [1.82, 2.24) is 5.32 Å². The predicted octanol–water partition coefficient (Wildman–Crippen LogP) is 3.23. The number of hydrogen-bond acceptors (Lipinski definition) is 3. The summed E-state index contributed by atoms with van der Waals surface area (Å²) in [5, 5.41) is 2.92. The highest BCUT2D eigenvalue weighted by atomic mass is 19.1. The largest absolute Gasteiger partial charge is 0.490 e. The van der Waals surface area contributed by atoms with Gasteiger partial charge in [-0.05, 0) is 36.4 Å². The Morgan fingerprint density at radius 3 is 2.69 bits per heavy atom. The molecule has 2 amide bonds. The van der Waals surface area contributed by atoms with Gasteiger partial charge in [-0.3, -0.25) is 9.59 Å². The zero-order chi connectivity index (χ0) is 18.7. The van der Waals surface area contributed by atoms with Crippen LogP contribution >= 0.6 is 0 Å². The number of rotatable bonds is 4. The summed E-state index contributed by atoms with van der Waals surface area (Å²) in [6.45, 7) is 3.79. The summed E-state index contributed by atoms with van der Waals surface area (Å²) in [5.41, 5.74) is 1.75. The molecular formula is C20H19FN2O3. The van der Waals surface area contributed by atoms with Crippen LogP contribution in [-0.2, 0) is 4.79 Å². The molecule has 26 heavy (non-hydrogen) atoms. The van der Waals surface area contributed by atoms with Gasteiger partial charge < -0.3 is 15.0 Å². The first kappa shape index (κ1) is 17.7. The Hall–Kier alpha value is -3.15. The highest BCUT2D eigenvalue weighted by molar-refractivity contribution is 6.01. The Balaban J connectivity index is 1.74. The summed E-state index contributed by atoms with van der Waals surface area (Å²) in [5.74, 6) is -0.732. The van der Waals surface area contributed by atoms with Gasteiger partial charge in [0.05, 0.1) is 12.6 Å². The van der Waals surface area contributed by atoms with E-state index in [1.54, 1.807) is 43.4 Å². The molecule has 0 spiro atoms. The molecule has 6 heteroatoms. The Morgan fingerprint density at radius 2 is 2.00 bits per heavy atom. The van der Waals surface area contributed by atoms with Crippen LogP contribution in [0.4, 0.5) is 10.1 Å². The van der Waals surface area contributed by atoms with Crippen molar-refractivity contribution in [3.8, 4) is 5.75 Å². The summed E-state index contributed by atoms with van der Waals surface area (Å²) in [6, 6.07) is 11.0. The Labute approximate surface area is 151 Å². The van der Waals surface area contributed by atoms with E-state index in [1.807, 2.05) is 0 Å². The van der Waals surface area contributed by atoms with E-state index in [1.165, 1.54) is 17.0 Å². The molecule has 1 unspecified atom stereocenters. The van der Waals surface area contributed by atoms with Crippen molar-refractivity contribution >= 4 is 17.5 Å². The lowest BCUT2D eigenvalue weighted by Gasteiger charge is -2.27. The second-order valence-corrected chi connectivity index (χ2v) is 5.97. The number of para-hydroxylation sites is 1. The fraction of sp³-hybridized carbons (Fsp3) is 0.200. The molecule has 0 saturated heterocycles. The van der Waals surface area contributed by atoms with Crippen molar-refractivity contribution in [3.63, 3.8) is 0 Å². The highest BCUT2D eigenvalue weighted by Crippen LogP contribution is 2.34. The van der Waals surface area contributed by atoms with Gasteiger partial charge >= 0.3 is 0 Å². The molecule has 0 radical (unpaired) electrons. The molecule has 2 aromatic carbocycles. The van der Waals surface area contributed by atoms with Crippen LogP contribution in [0.15, 0.2) is 55.1 Å². The molecule has 1 N–H and O–H groups in total. The number of nitrogens with zero attached hydrogens (tertiary/aromatic N) is 1. The molecule has 1 aliphatic rings. The lowest BCUT2D eigenvalue weighted by Crippen LogP contribution is -2.32. The van der Waals surface area contributed by atoms with Crippen LogP contribution in [0.1, 0.15) is 28.4 Å². The van der Waals surface area contributed by atoms with Gasteiger partial charge in [0.2, 0.25) is 5.91 Å². The molecule has 5 nitrogen and oxygen atoms in total. The smallest absolute Gasteiger partial charge is 0.251 e. The molecule has 0 aliphatic carbocycles. The van der Waals surface area contributed by atoms with E-state index in [0.717, 1.165) is 0 Å². The van der Waals surface area contributed by atoms with Crippen molar-refractivity contribution in [3.05, 3.63) is 72.1 Å². The Bertz CT molecular complexity index is 849. The summed E-state index contributed by atoms with van der Waals surface area (Å²) in [6.07, 6.45) is 1.79. The first-order valence-corrected chi connectivity index (χ1v) is 8.23. The maximum Gasteiger partial charge on any atom is 0.251 e. The summed E-state index contributed by atoms with van der Waals surface area (Å²) in [4.78, 5) is 25.6. The fourth-order valence-electron chi connectivity index (χ4n) is 2.88. The molecule has 1 heterocycles. The molecular weight excluding hydrogens is 335 g/mol. The second-order valence-electron chi connectivity index (χ2n) is 5.97. The number of halogens is 1. The zero-order valence-corrected chi connectivity index (χ0v) is 14.4. The van der Waals surface area contributed by atoms with Gasteiger partial charge in [0.1, 0.15) is 0 Å². The average Bonchev–Trinajstić information content (AvgIpc) is 2.67. The van der Waals surface area contributed by atoms with E-state index >= 15 is 0 Å². The molecule has 0 fully saturated rings. The van der Waals surface area contributed by atoms with Crippen LogP contribution < -0.4 is 15.0 Å². The number of carbonyl (C=O) groups excluding carboxylic acids is 2. The number of likely N-dealkylation sites (N-methyl/N-ethyl adjacent to an activating group) is 1. The van der Waals surface area contributed by atoms with Crippen molar-refractivity contribution in [1.29, 1.82) is 0 Å². The average molecular weight is 354 g/mol. The second kappa shape index (κ2) is 7.39. The van der Waals surface area contributed by atoms with E-state index < -0.39 is 5.82 Å². The number of amides is 2. The quantitative estimate of drug-likeness (QED) is 0.858. The Kier molecular flexibility index (Phi) is 5.02. The Morgan fingerprint density at radius 1 is 1.27 bits per heavy atom. The van der Waals surface area contributed by atoms with Crippen molar-refractivity contribution < 1.29 is 18.7 Å². The minimum absolute atomic E-state index is 0.198. The number of anilines is 1. The molecule has 3 rings (SSSR count). The van der Waals surface area contributed by atoms with Gasteiger partial charge in [-0.25, -0.2) is 4.39 Å². The van der Waals surface area contributed by atoms with Crippen LogP contribution in [0.2, 0.25) is 0 Å². The molecule has 0 bridgehead atoms. The maximum absolute atomic E-state index is 13.8. The maximum atomic E-state index is 13.8. The van der Waals surface area contributed by atoms with Gasteiger partial charge in [0, 0.05) is 30.3 Å². The van der Waals surface area contributed by atoms with E-state index in [4.69, 9.17) is 4.74 Å². The first-order valence-electron chi connectivity index (χ1n) is 8.23. The third kappa shape index (κ3) is 3.44. The van der Waals surface area contributed by atoms with Gasteiger partial charge in [0.15, 0.2) is 11.6 Å². The van der Waals surface area contributed by atoms with E-state index in [2.05, 4.69) is 11.9 Å². The van der Waals surface area contributed by atoms with Gasteiger partial charge in [-0.1, -0.05) is 18.7 Å². The number of nitrogens with one attached hydrogen (secondary N) is 1. The normalized spacial score (nSPS) is 15.4. The van der Waals surface area contributed by atoms with Gasteiger partial charge in [-0.2, -0.15) is 0 Å². The van der Waals surface area contributed by atoms with Gasteiger partial charge in [-0.15, -0.1) is 0 Å². The lowest BCUT2D eigenvalue weighted by molar-refractivity contribution is -0.113. The number of fused-ring (bicyclic) bond motifs is 1. The molecule has 0 aromatic heterocycles. The molecule has 1 aliphatic heterocycles. The lowest BCUT2D eigenvalue weighted by atomic mass is 9.99. The standard InChI is InChI=1S/C20H19FN2O3/c1-3-18(24)23(2)14-9-7-13(8-10-14)20(25)22-17-11-12-26-19-15(17)5-4-6-16(19)21/h3-10,17H,1,11-12H2,2H3,(H,22,25). The van der Waals surface area contributed by atoms with Crippen LogP contribution in [-0.4, -0.2) is 25.5 Å². The molecule has 134 valence electrons. The third-order valence-corrected chi connectivity index (χ3v) is 4.35. The first-order chi connectivity index (χ1) is 12.5. The van der Waals surface area contributed by atoms with E-state index in [9.17, 15) is 14.0 Å². The fourth-order valence-corrected chi connectivity index (χ4v) is 2.88. The predicted molar refractivity (Wildman–Crippen MR) is 96.8 cm³/mol. The highest BCUT2D eigenvalue weighted by Gasteiger charge is 2.25. The summed E-state index contributed by atoms with van der Waals surface area (Å²) < 4.78 is 19.2. The summed E-state index contributed by atoms with van der Waals surface area (Å²) in [7, 11) is 1.63. The monoisotopic (exact) mass is 354 g/mol. The SMILES string of the molecule is C=CC(=O)N(C)c1ccc(C(=O)NC2CCOc3c(F)cccc32)cc1. The topological polar surface area (TPSA) is 58.6 Å². The van der Waals surface area contributed by atoms with E-state index in [0.29, 0.717) is 29.8 Å². The van der Waals surface area contributed by atoms with Crippen molar-refractivity contribution in [2.75, 3.05) is 18.6 Å². The zero-order valence-electron chi connectivity index (χ0n) is 14.4. The number of carbonyl (C=O) groups is 2. The molecule has 0 saturated carbocycles. The van der Waals surface area contributed by atoms with Crippen LogP contribution in [0.25, 0.3) is 0 Å². The van der Waals surface area contributed by atoms with Crippen molar-refractivity contribution in [2.45, 2.75) is 12.5 Å². The third-order valence-electron chi connectivity index (χ3n) is 4.35. The van der Waals surface area contributed by atoms with Crippen LogP contribution in [0.5, 0.6) is 5.75 Å². The van der Waals surface area contributed by atoms with Crippen molar-refractivity contribution in [2.24, 2.45) is 0 Å². The van der Waals surface area contributed by atoms with Crippen LogP contribution in [0, 0.1) is 5.82 Å². The van der Waals surface area contributed by atoms with Gasteiger partial charge in [0.25, 0.3) is 5.91 Å². The minimum atomic E-state index is -0.430. The number of hydrogen-bond donors (Lipinski definition) is 1. The minimum Gasteiger partial charge on any atom is -0.490 e. The molecule has 1 atom stereocenters. The van der Waals surface area contributed by atoms with E-state index in [-0.39, 0.29) is 23.6 Å². The van der Waals surface area contributed by atoms with Crippen LogP contribution in [0.3, 0.4) is 0 Å². The number of benzene rings is 2. The number of ether oxygens (including phenoxy) is 1. The molecule has 2 aromatic rings.